The minimum absolute atomic E-state index is 0.0935. The molecule has 0 radical (unpaired) electrons. The molecule has 0 atom stereocenters. The number of nitrogens with one attached hydrogen (secondary N) is 1. The first kappa shape index (κ1) is 15.2. The van der Waals surface area contributed by atoms with E-state index < -0.39 is 22.4 Å². The van der Waals surface area contributed by atoms with Gasteiger partial charge in [0.1, 0.15) is 11.1 Å². The van der Waals surface area contributed by atoms with Crippen LogP contribution in [-0.2, 0) is 4.74 Å². The number of hydrogen-bond acceptors (Lipinski definition) is 5. The Balaban J connectivity index is 2.83. The molecule has 1 N–H and O–H groups in total. The highest BCUT2D eigenvalue weighted by Crippen LogP contribution is 2.27. The molecular formula is C13H12ClFN2O4. The van der Waals surface area contributed by atoms with Crippen molar-refractivity contribution < 1.29 is 18.7 Å². The first-order valence-corrected chi connectivity index (χ1v) is 6.40. The van der Waals surface area contributed by atoms with E-state index in [1.807, 2.05) is 0 Å². The lowest BCUT2D eigenvalue weighted by molar-refractivity contribution is 0.0594. The summed E-state index contributed by atoms with van der Waals surface area (Å²) in [7, 11) is 1.15. The van der Waals surface area contributed by atoms with Crippen molar-refractivity contribution in [2.24, 2.45) is 0 Å². The molecule has 0 spiro atoms. The Kier molecular flexibility index (Phi) is 4.13. The molecule has 0 aromatic carbocycles. The molecule has 8 heteroatoms. The van der Waals surface area contributed by atoms with E-state index in [4.69, 9.17) is 16.3 Å². The lowest BCUT2D eigenvalue weighted by Gasteiger charge is -2.12. The molecule has 6 nitrogen and oxygen atoms in total. The zero-order valence-corrected chi connectivity index (χ0v) is 12.2. The lowest BCUT2D eigenvalue weighted by Crippen LogP contribution is -2.16. The number of aromatic nitrogens is 2. The van der Waals surface area contributed by atoms with Crippen LogP contribution >= 0.6 is 11.6 Å². The van der Waals surface area contributed by atoms with Gasteiger partial charge in [0.15, 0.2) is 16.4 Å². The highest BCUT2D eigenvalue weighted by atomic mass is 35.5. The Morgan fingerprint density at radius 2 is 2.14 bits per heavy atom. The van der Waals surface area contributed by atoms with Crippen LogP contribution in [0.25, 0.3) is 10.9 Å². The maximum absolute atomic E-state index is 14.1. The molecule has 0 aliphatic heterocycles. The first-order chi connectivity index (χ1) is 9.85. The summed E-state index contributed by atoms with van der Waals surface area (Å²) >= 11 is 5.69. The average molecular weight is 315 g/mol. The van der Waals surface area contributed by atoms with Crippen LogP contribution in [-0.4, -0.2) is 29.2 Å². The average Bonchev–Trinajstić information content (AvgIpc) is 2.42. The SMILES string of the molecule is COC(=O)c1cc(=O)c2c(OC(C)C)nc(Cl)c(F)c2[nH]1. The summed E-state index contributed by atoms with van der Waals surface area (Å²) in [6.07, 6.45) is -0.290. The van der Waals surface area contributed by atoms with E-state index in [0.29, 0.717) is 0 Å². The molecule has 0 amide bonds. The van der Waals surface area contributed by atoms with Crippen molar-refractivity contribution in [3.8, 4) is 5.88 Å². The van der Waals surface area contributed by atoms with Gasteiger partial charge in [-0.1, -0.05) is 11.6 Å². The summed E-state index contributed by atoms with van der Waals surface area (Å²) in [5, 5.41) is -0.575. The molecular weight excluding hydrogens is 303 g/mol. The number of rotatable bonds is 3. The number of carbonyl (C=O) groups is 1. The molecule has 112 valence electrons. The summed E-state index contributed by atoms with van der Waals surface area (Å²) < 4.78 is 23.9. The quantitative estimate of drug-likeness (QED) is 0.694. The summed E-state index contributed by atoms with van der Waals surface area (Å²) in [5.74, 6) is -1.83. The van der Waals surface area contributed by atoms with E-state index in [0.717, 1.165) is 13.2 Å². The van der Waals surface area contributed by atoms with Gasteiger partial charge >= 0.3 is 5.97 Å². The zero-order valence-electron chi connectivity index (χ0n) is 11.5. The van der Waals surface area contributed by atoms with Gasteiger partial charge in [-0.2, -0.15) is 4.98 Å². The third-order valence-electron chi connectivity index (χ3n) is 2.60. The van der Waals surface area contributed by atoms with E-state index in [1.54, 1.807) is 13.8 Å². The maximum Gasteiger partial charge on any atom is 0.354 e. The fourth-order valence-electron chi connectivity index (χ4n) is 1.76. The van der Waals surface area contributed by atoms with Gasteiger partial charge in [-0.25, -0.2) is 9.18 Å². The van der Waals surface area contributed by atoms with Crippen LogP contribution < -0.4 is 10.2 Å². The highest BCUT2D eigenvalue weighted by molar-refractivity contribution is 6.30. The smallest absolute Gasteiger partial charge is 0.354 e. The van der Waals surface area contributed by atoms with Gasteiger partial charge in [-0.15, -0.1) is 0 Å². The Labute approximate surface area is 123 Å². The number of halogens is 2. The van der Waals surface area contributed by atoms with E-state index in [-0.39, 0.29) is 28.6 Å². The van der Waals surface area contributed by atoms with Crippen molar-refractivity contribution in [3.05, 3.63) is 33.0 Å². The van der Waals surface area contributed by atoms with Crippen molar-refractivity contribution in [3.63, 3.8) is 0 Å². The van der Waals surface area contributed by atoms with Crippen molar-refractivity contribution >= 4 is 28.5 Å². The number of H-pyrrole nitrogens is 1. The van der Waals surface area contributed by atoms with E-state index in [2.05, 4.69) is 14.7 Å². The number of fused-ring (bicyclic) bond motifs is 1. The Hall–Kier alpha value is -2.15. The maximum atomic E-state index is 14.1. The van der Waals surface area contributed by atoms with Crippen LogP contribution in [0.5, 0.6) is 5.88 Å². The highest BCUT2D eigenvalue weighted by Gasteiger charge is 2.20. The molecule has 0 bridgehead atoms. The van der Waals surface area contributed by atoms with Crippen LogP contribution in [0.1, 0.15) is 24.3 Å². The molecule has 2 aromatic rings. The van der Waals surface area contributed by atoms with Gasteiger partial charge < -0.3 is 14.5 Å². The number of nitrogens with zero attached hydrogens (tertiary/aromatic N) is 1. The molecule has 0 aliphatic carbocycles. The predicted octanol–water partition coefficient (Wildman–Crippen LogP) is 2.29. The van der Waals surface area contributed by atoms with Crippen LogP contribution in [0.2, 0.25) is 5.15 Å². The second-order valence-corrected chi connectivity index (χ2v) is 4.84. The number of esters is 1. The van der Waals surface area contributed by atoms with Gasteiger partial charge in [0.2, 0.25) is 5.88 Å². The van der Waals surface area contributed by atoms with Gasteiger partial charge in [-0.3, -0.25) is 4.79 Å². The monoisotopic (exact) mass is 314 g/mol. The number of ether oxygens (including phenoxy) is 2. The molecule has 0 saturated carbocycles. The molecule has 0 unspecified atom stereocenters. The van der Waals surface area contributed by atoms with Crippen LogP contribution in [0.3, 0.4) is 0 Å². The number of carbonyl (C=O) groups excluding carboxylic acids is 1. The zero-order chi connectivity index (χ0) is 15.7. The van der Waals surface area contributed by atoms with Gasteiger partial charge in [0.05, 0.1) is 18.7 Å². The van der Waals surface area contributed by atoms with Gasteiger partial charge in [-0.05, 0) is 13.8 Å². The molecule has 2 rings (SSSR count). The Morgan fingerprint density at radius 3 is 2.71 bits per heavy atom. The third kappa shape index (κ3) is 2.82. The first-order valence-electron chi connectivity index (χ1n) is 6.02. The summed E-state index contributed by atoms with van der Waals surface area (Å²) in [6, 6.07) is 0.996. The molecule has 2 aromatic heterocycles. The lowest BCUT2D eigenvalue weighted by atomic mass is 10.2. The van der Waals surface area contributed by atoms with Crippen LogP contribution in [0.15, 0.2) is 10.9 Å². The van der Waals surface area contributed by atoms with Crippen LogP contribution in [0, 0.1) is 5.82 Å². The minimum Gasteiger partial charge on any atom is -0.474 e. The molecule has 0 fully saturated rings. The number of hydrogen-bond donors (Lipinski definition) is 1. The standard InChI is InChI=1S/C13H12ClFN2O4/c1-5(2)21-12-8-7(18)4-6(13(19)20-3)16-10(8)9(15)11(14)17-12/h4-5H,1-3H3,(H,16,18). The van der Waals surface area contributed by atoms with E-state index >= 15 is 0 Å². The second-order valence-electron chi connectivity index (χ2n) is 4.48. The Bertz CT molecular complexity index is 773. The third-order valence-corrected chi connectivity index (χ3v) is 2.85. The van der Waals surface area contributed by atoms with Crippen molar-refractivity contribution in [1.82, 2.24) is 9.97 Å². The second kappa shape index (κ2) is 5.69. The number of aromatic amines is 1. The molecule has 0 saturated heterocycles. The minimum atomic E-state index is -0.939. The predicted molar refractivity (Wildman–Crippen MR) is 74.4 cm³/mol. The van der Waals surface area contributed by atoms with Crippen molar-refractivity contribution in [2.45, 2.75) is 20.0 Å². The number of pyridine rings is 2. The van der Waals surface area contributed by atoms with Crippen molar-refractivity contribution in [2.75, 3.05) is 7.11 Å². The summed E-state index contributed by atoms with van der Waals surface area (Å²) in [6.45, 7) is 3.45. The number of methoxy groups -OCH3 is 1. The molecule has 21 heavy (non-hydrogen) atoms. The summed E-state index contributed by atoms with van der Waals surface area (Å²) in [5.41, 5.74) is -1.06. The summed E-state index contributed by atoms with van der Waals surface area (Å²) in [4.78, 5) is 29.8. The molecule has 2 heterocycles. The van der Waals surface area contributed by atoms with E-state index in [1.165, 1.54) is 0 Å². The van der Waals surface area contributed by atoms with E-state index in [9.17, 15) is 14.0 Å². The topological polar surface area (TPSA) is 81.3 Å². The van der Waals surface area contributed by atoms with Gasteiger partial charge in [0.25, 0.3) is 0 Å². The molecule has 0 aliphatic rings. The normalized spacial score (nSPS) is 11.0. The van der Waals surface area contributed by atoms with Crippen LogP contribution in [0.4, 0.5) is 4.39 Å². The fraction of sp³-hybridized carbons (Fsp3) is 0.308. The largest absolute Gasteiger partial charge is 0.474 e. The van der Waals surface area contributed by atoms with Crippen molar-refractivity contribution in [1.29, 1.82) is 0 Å². The Morgan fingerprint density at radius 1 is 1.48 bits per heavy atom. The fourth-order valence-corrected chi connectivity index (χ4v) is 1.93. The van der Waals surface area contributed by atoms with Gasteiger partial charge in [0, 0.05) is 6.07 Å².